The van der Waals surface area contributed by atoms with Gasteiger partial charge in [-0.15, -0.1) is 0 Å². The highest BCUT2D eigenvalue weighted by molar-refractivity contribution is 7.90. The van der Waals surface area contributed by atoms with Crippen LogP contribution in [-0.2, 0) is 9.84 Å². The molecule has 0 bridgehead atoms. The Morgan fingerprint density at radius 1 is 1.23 bits per heavy atom. The second kappa shape index (κ2) is 6.74. The Morgan fingerprint density at radius 2 is 1.82 bits per heavy atom. The number of halogens is 2. The summed E-state index contributed by atoms with van der Waals surface area (Å²) in [7, 11) is -1.82. The van der Waals surface area contributed by atoms with Crippen molar-refractivity contribution in [3.8, 4) is 0 Å². The third kappa shape index (κ3) is 3.74. The molecule has 0 spiro atoms. The van der Waals surface area contributed by atoms with Crippen LogP contribution in [0.3, 0.4) is 0 Å². The van der Waals surface area contributed by atoms with E-state index in [4.69, 9.17) is 23.2 Å². The van der Waals surface area contributed by atoms with E-state index in [-0.39, 0.29) is 32.5 Å². The topological polar surface area (TPSA) is 66.5 Å². The zero-order chi connectivity index (χ0) is 16.5. The predicted molar refractivity (Wildman–Crippen MR) is 87.6 cm³/mol. The molecule has 0 atom stereocenters. The number of benzene rings is 1. The van der Waals surface area contributed by atoms with Gasteiger partial charge < -0.3 is 10.2 Å². The Balaban J connectivity index is 2.36. The summed E-state index contributed by atoms with van der Waals surface area (Å²) in [6.45, 7) is 1.70. The van der Waals surface area contributed by atoms with Crippen molar-refractivity contribution in [2.45, 2.75) is 23.8 Å². The Morgan fingerprint density at radius 3 is 2.36 bits per heavy atom. The van der Waals surface area contributed by atoms with Gasteiger partial charge in [-0.05, 0) is 38.1 Å². The number of nitrogens with zero attached hydrogens (tertiary/aromatic N) is 1. The van der Waals surface area contributed by atoms with Crippen molar-refractivity contribution in [1.82, 2.24) is 10.2 Å². The van der Waals surface area contributed by atoms with E-state index < -0.39 is 9.84 Å². The normalized spacial score (nSPS) is 16.5. The van der Waals surface area contributed by atoms with Gasteiger partial charge in [0.05, 0.1) is 20.5 Å². The molecular formula is C14H18Cl2N2O3S. The maximum atomic E-state index is 12.6. The molecule has 8 heteroatoms. The molecule has 1 saturated heterocycles. The number of hydrogen-bond acceptors (Lipinski definition) is 4. The fraction of sp³-hybridized carbons (Fsp3) is 0.500. The molecule has 1 N–H and O–H groups in total. The van der Waals surface area contributed by atoms with E-state index in [0.717, 1.165) is 32.2 Å². The van der Waals surface area contributed by atoms with Gasteiger partial charge in [0.15, 0.2) is 9.84 Å². The van der Waals surface area contributed by atoms with Gasteiger partial charge in [0, 0.05) is 19.3 Å². The number of amides is 1. The molecule has 1 amide bonds. The van der Waals surface area contributed by atoms with Gasteiger partial charge >= 0.3 is 0 Å². The molecule has 1 aliphatic rings. The molecule has 0 radical (unpaired) electrons. The van der Waals surface area contributed by atoms with Gasteiger partial charge in [-0.25, -0.2) is 8.42 Å². The van der Waals surface area contributed by atoms with Crippen LogP contribution in [0.15, 0.2) is 17.0 Å². The van der Waals surface area contributed by atoms with E-state index in [9.17, 15) is 13.2 Å². The highest BCUT2D eigenvalue weighted by Gasteiger charge is 2.26. The van der Waals surface area contributed by atoms with Gasteiger partial charge in [-0.1, -0.05) is 23.2 Å². The first-order valence-electron chi connectivity index (χ1n) is 6.89. The highest BCUT2D eigenvalue weighted by Crippen LogP contribution is 2.30. The Labute approximate surface area is 140 Å². The molecular weight excluding hydrogens is 347 g/mol. The lowest BCUT2D eigenvalue weighted by atomic mass is 10.0. The number of carbonyl (C=O) groups is 1. The van der Waals surface area contributed by atoms with Crippen molar-refractivity contribution in [2.75, 3.05) is 26.4 Å². The lowest BCUT2D eigenvalue weighted by Gasteiger charge is -2.32. The molecule has 2 rings (SSSR count). The smallest absolute Gasteiger partial charge is 0.255 e. The van der Waals surface area contributed by atoms with Crippen LogP contribution >= 0.6 is 23.2 Å². The van der Waals surface area contributed by atoms with Crippen LogP contribution in [0.5, 0.6) is 0 Å². The third-order valence-electron chi connectivity index (χ3n) is 3.83. The summed E-state index contributed by atoms with van der Waals surface area (Å²) in [5, 5.41) is 3.41. The van der Waals surface area contributed by atoms with Crippen molar-refractivity contribution in [1.29, 1.82) is 0 Å². The van der Waals surface area contributed by atoms with Crippen molar-refractivity contribution < 1.29 is 13.2 Å². The second-order valence-corrected chi connectivity index (χ2v) is 8.23. The van der Waals surface area contributed by atoms with Crippen LogP contribution < -0.4 is 5.32 Å². The monoisotopic (exact) mass is 364 g/mol. The average Bonchev–Trinajstić information content (AvgIpc) is 2.45. The Bertz CT molecular complexity index is 686. The first-order valence-corrected chi connectivity index (χ1v) is 9.53. The van der Waals surface area contributed by atoms with Gasteiger partial charge in [0.25, 0.3) is 5.91 Å². The van der Waals surface area contributed by atoms with Crippen molar-refractivity contribution in [3.63, 3.8) is 0 Å². The third-order valence-corrected chi connectivity index (χ3v) is 5.70. The number of piperidine rings is 1. The molecule has 0 saturated carbocycles. The van der Waals surface area contributed by atoms with E-state index in [1.54, 1.807) is 11.9 Å². The van der Waals surface area contributed by atoms with Crippen molar-refractivity contribution >= 4 is 38.9 Å². The summed E-state index contributed by atoms with van der Waals surface area (Å²) in [6, 6.07) is 2.69. The summed E-state index contributed by atoms with van der Waals surface area (Å²) in [5.41, 5.74) is 0.160. The molecule has 1 aliphatic heterocycles. The van der Waals surface area contributed by atoms with Crippen LogP contribution in [0.1, 0.15) is 23.2 Å². The van der Waals surface area contributed by atoms with Crippen LogP contribution in [0.25, 0.3) is 0 Å². The van der Waals surface area contributed by atoms with E-state index in [1.165, 1.54) is 12.1 Å². The lowest BCUT2D eigenvalue weighted by Crippen LogP contribution is -2.44. The van der Waals surface area contributed by atoms with Gasteiger partial charge in [-0.2, -0.15) is 0 Å². The Hall–Kier alpha value is -0.820. The lowest BCUT2D eigenvalue weighted by molar-refractivity contribution is 0.0703. The van der Waals surface area contributed by atoms with Crippen LogP contribution in [-0.4, -0.2) is 51.7 Å². The summed E-state index contributed by atoms with van der Waals surface area (Å²) < 4.78 is 23.5. The van der Waals surface area contributed by atoms with Crippen molar-refractivity contribution in [2.24, 2.45) is 0 Å². The first-order chi connectivity index (χ1) is 10.2. The van der Waals surface area contributed by atoms with Crippen molar-refractivity contribution in [3.05, 3.63) is 27.7 Å². The summed E-state index contributed by atoms with van der Waals surface area (Å²) in [4.78, 5) is 14.2. The summed E-state index contributed by atoms with van der Waals surface area (Å²) in [5.74, 6) is -0.293. The van der Waals surface area contributed by atoms with Crippen LogP contribution in [0.2, 0.25) is 10.0 Å². The number of carbonyl (C=O) groups excluding carboxylic acids is 1. The van der Waals surface area contributed by atoms with E-state index in [2.05, 4.69) is 5.32 Å². The largest absolute Gasteiger partial charge is 0.339 e. The van der Waals surface area contributed by atoms with Crippen LogP contribution in [0.4, 0.5) is 0 Å². The predicted octanol–water partition coefficient (Wildman–Crippen LogP) is 2.22. The molecule has 0 aromatic heterocycles. The summed E-state index contributed by atoms with van der Waals surface area (Å²) in [6.07, 6.45) is 2.76. The van der Waals surface area contributed by atoms with Crippen LogP contribution in [0, 0.1) is 0 Å². The molecule has 1 heterocycles. The highest BCUT2D eigenvalue weighted by atomic mass is 35.5. The number of hydrogen-bond donors (Lipinski definition) is 1. The maximum Gasteiger partial charge on any atom is 0.255 e. The quantitative estimate of drug-likeness (QED) is 0.892. The maximum absolute atomic E-state index is 12.6. The Kier molecular flexibility index (Phi) is 5.37. The van der Waals surface area contributed by atoms with Gasteiger partial charge in [-0.3, -0.25) is 4.79 Å². The van der Waals surface area contributed by atoms with E-state index in [1.807, 2.05) is 0 Å². The van der Waals surface area contributed by atoms with Gasteiger partial charge in [0.1, 0.15) is 0 Å². The number of rotatable bonds is 3. The molecule has 0 unspecified atom stereocenters. The minimum atomic E-state index is -3.53. The van der Waals surface area contributed by atoms with Gasteiger partial charge in [0.2, 0.25) is 0 Å². The first kappa shape index (κ1) is 17.5. The molecule has 0 aliphatic carbocycles. The number of sulfone groups is 1. The molecule has 1 aromatic rings. The molecule has 1 fully saturated rings. The minimum absolute atomic E-state index is 0.0218. The fourth-order valence-corrected chi connectivity index (χ4v) is 4.16. The standard InChI is InChI=1S/C14H18Cl2N2O3S/c1-18(9-3-5-17-6-4-9)14(19)10-7-13(22(2,20)21)12(16)8-11(10)15/h7-9,17H,3-6H2,1-2H3. The SMILES string of the molecule is CN(C(=O)c1cc(S(C)(=O)=O)c(Cl)cc1Cl)C1CCNCC1. The molecule has 22 heavy (non-hydrogen) atoms. The minimum Gasteiger partial charge on any atom is -0.339 e. The fourth-order valence-electron chi connectivity index (χ4n) is 2.53. The van der Waals surface area contributed by atoms with E-state index >= 15 is 0 Å². The second-order valence-electron chi connectivity index (χ2n) is 5.43. The zero-order valence-electron chi connectivity index (χ0n) is 12.4. The molecule has 1 aromatic carbocycles. The zero-order valence-corrected chi connectivity index (χ0v) is 14.7. The number of nitrogens with one attached hydrogen (secondary N) is 1. The summed E-state index contributed by atoms with van der Waals surface area (Å²) >= 11 is 12.0. The average molecular weight is 365 g/mol. The van der Waals surface area contributed by atoms with E-state index in [0.29, 0.717) is 0 Å². The molecule has 122 valence electrons. The molecule has 5 nitrogen and oxygen atoms in total.